The minimum atomic E-state index is -3.70. The Morgan fingerprint density at radius 1 is 1.12 bits per heavy atom. The van der Waals surface area contributed by atoms with Crippen LogP contribution >= 0.6 is 11.8 Å². The van der Waals surface area contributed by atoms with E-state index in [4.69, 9.17) is 5.14 Å². The molecule has 2 N–H and O–H groups in total. The van der Waals surface area contributed by atoms with Crippen molar-refractivity contribution < 1.29 is 8.42 Å². The first-order valence-corrected chi connectivity index (χ1v) is 10.3. The Kier molecular flexibility index (Phi) is 4.94. The number of aromatic nitrogens is 2. The molecule has 0 atom stereocenters. The monoisotopic (exact) mass is 375 g/mol. The number of aryl methyl sites for hydroxylation is 1. The molecule has 0 aliphatic heterocycles. The summed E-state index contributed by atoms with van der Waals surface area (Å²) in [6.07, 6.45) is 2.46. The largest absolute Gasteiger partial charge is 0.287 e. The van der Waals surface area contributed by atoms with Crippen LogP contribution in [0.5, 0.6) is 0 Å². The van der Waals surface area contributed by atoms with Crippen molar-refractivity contribution in [2.75, 3.05) is 6.26 Å². The summed E-state index contributed by atoms with van der Waals surface area (Å²) < 4.78 is 24.2. The molecule has 0 aliphatic carbocycles. The van der Waals surface area contributed by atoms with E-state index < -0.39 is 10.0 Å². The molecule has 0 unspecified atom stereocenters. The van der Waals surface area contributed by atoms with E-state index in [-0.39, 0.29) is 10.5 Å². The summed E-state index contributed by atoms with van der Waals surface area (Å²) >= 11 is 1.42. The number of sulfonamides is 1. The second kappa shape index (κ2) is 6.99. The third-order valence-electron chi connectivity index (χ3n) is 3.89. The van der Waals surface area contributed by atoms with Gasteiger partial charge in [-0.05, 0) is 42.5 Å². The molecule has 0 aliphatic rings. The summed E-state index contributed by atoms with van der Waals surface area (Å²) in [6.45, 7) is 0.460. The lowest BCUT2D eigenvalue weighted by atomic mass is 10.1. The van der Waals surface area contributed by atoms with Crippen LogP contribution in [0.4, 0.5) is 0 Å². The van der Waals surface area contributed by atoms with Gasteiger partial charge >= 0.3 is 0 Å². The minimum Gasteiger partial charge on any atom is -0.287 e. The average molecular weight is 375 g/mol. The Morgan fingerprint density at radius 2 is 1.80 bits per heavy atom. The van der Waals surface area contributed by atoms with Crippen molar-refractivity contribution in [1.29, 1.82) is 0 Å². The molecular weight excluding hydrogens is 358 g/mol. The molecule has 2 aromatic carbocycles. The van der Waals surface area contributed by atoms with Crippen LogP contribution in [0.25, 0.3) is 10.9 Å². The predicted molar refractivity (Wildman–Crippen MR) is 99.3 cm³/mol. The van der Waals surface area contributed by atoms with Crippen LogP contribution in [0.3, 0.4) is 0 Å². The smallest absolute Gasteiger partial charge is 0.262 e. The van der Waals surface area contributed by atoms with Crippen LogP contribution in [0.2, 0.25) is 0 Å². The molecule has 0 amide bonds. The first-order valence-electron chi connectivity index (χ1n) is 7.55. The Balaban J connectivity index is 1.90. The number of fused-ring (bicyclic) bond motifs is 1. The Bertz CT molecular complexity index is 1070. The summed E-state index contributed by atoms with van der Waals surface area (Å²) in [6, 6.07) is 13.6. The van der Waals surface area contributed by atoms with Crippen molar-refractivity contribution in [3.63, 3.8) is 0 Å². The quantitative estimate of drug-likeness (QED) is 0.544. The molecule has 1 aromatic heterocycles. The minimum absolute atomic E-state index is 0.0730. The van der Waals surface area contributed by atoms with Crippen LogP contribution in [0, 0.1) is 0 Å². The van der Waals surface area contributed by atoms with Gasteiger partial charge in [0.25, 0.3) is 5.56 Å². The number of nitrogens with zero attached hydrogens (tertiary/aromatic N) is 2. The van der Waals surface area contributed by atoms with E-state index in [1.165, 1.54) is 23.9 Å². The second-order valence-electron chi connectivity index (χ2n) is 5.51. The van der Waals surface area contributed by atoms with Crippen LogP contribution in [-0.2, 0) is 23.0 Å². The van der Waals surface area contributed by atoms with Gasteiger partial charge in [-0.2, -0.15) is 0 Å². The maximum absolute atomic E-state index is 12.7. The van der Waals surface area contributed by atoms with Gasteiger partial charge in [-0.3, -0.25) is 9.36 Å². The number of thioether (sulfide) groups is 1. The topological polar surface area (TPSA) is 95.0 Å². The molecule has 6 nitrogen and oxygen atoms in total. The molecule has 0 saturated carbocycles. The van der Waals surface area contributed by atoms with Gasteiger partial charge in [0.2, 0.25) is 10.0 Å². The van der Waals surface area contributed by atoms with E-state index in [2.05, 4.69) is 4.98 Å². The Labute approximate surface area is 149 Å². The number of nitrogens with two attached hydrogens (primary N) is 1. The number of hydrogen-bond donors (Lipinski definition) is 1. The highest BCUT2D eigenvalue weighted by Crippen LogP contribution is 2.16. The second-order valence-corrected chi connectivity index (χ2v) is 7.85. The summed E-state index contributed by atoms with van der Waals surface area (Å²) in [4.78, 5) is 17.3. The van der Waals surface area contributed by atoms with Gasteiger partial charge in [-0.25, -0.2) is 18.5 Å². The molecular formula is C17H17N3O3S2. The molecule has 3 rings (SSSR count). The fraction of sp³-hybridized carbons (Fsp3) is 0.176. The molecule has 0 saturated heterocycles. The third-order valence-corrected chi connectivity index (χ3v) is 5.49. The van der Waals surface area contributed by atoms with Gasteiger partial charge < -0.3 is 0 Å². The van der Waals surface area contributed by atoms with Crippen molar-refractivity contribution in [2.24, 2.45) is 5.14 Å². The molecule has 0 fully saturated rings. The van der Waals surface area contributed by atoms with Crippen molar-refractivity contribution in [1.82, 2.24) is 9.55 Å². The maximum Gasteiger partial charge on any atom is 0.262 e. The SMILES string of the molecule is CSc1nc2ccccc2c(=O)n1CCc1ccc(S(N)(=O)=O)cc1. The number of benzene rings is 2. The number of hydrogen-bond acceptors (Lipinski definition) is 5. The molecule has 3 aromatic rings. The molecule has 0 bridgehead atoms. The maximum atomic E-state index is 12.7. The van der Waals surface area contributed by atoms with E-state index in [1.54, 1.807) is 22.8 Å². The van der Waals surface area contributed by atoms with E-state index in [0.29, 0.717) is 29.0 Å². The highest BCUT2D eigenvalue weighted by atomic mass is 32.2. The normalized spacial score (nSPS) is 11.8. The average Bonchev–Trinajstić information content (AvgIpc) is 2.60. The molecule has 0 radical (unpaired) electrons. The van der Waals surface area contributed by atoms with Gasteiger partial charge in [-0.1, -0.05) is 36.0 Å². The van der Waals surface area contributed by atoms with E-state index >= 15 is 0 Å². The first kappa shape index (κ1) is 17.7. The number of primary sulfonamides is 1. The molecule has 8 heteroatoms. The lowest BCUT2D eigenvalue weighted by Gasteiger charge is -2.12. The van der Waals surface area contributed by atoms with Crippen LogP contribution in [-0.4, -0.2) is 24.2 Å². The van der Waals surface area contributed by atoms with Crippen molar-refractivity contribution >= 4 is 32.7 Å². The zero-order valence-corrected chi connectivity index (χ0v) is 15.2. The molecule has 130 valence electrons. The van der Waals surface area contributed by atoms with Crippen LogP contribution in [0.15, 0.2) is 63.4 Å². The highest BCUT2D eigenvalue weighted by molar-refractivity contribution is 7.98. The Morgan fingerprint density at radius 3 is 2.44 bits per heavy atom. The van der Waals surface area contributed by atoms with Crippen molar-refractivity contribution in [2.45, 2.75) is 23.0 Å². The predicted octanol–water partition coefficient (Wildman–Crippen LogP) is 2.01. The molecule has 0 spiro atoms. The highest BCUT2D eigenvalue weighted by Gasteiger charge is 2.11. The van der Waals surface area contributed by atoms with Gasteiger partial charge in [0.1, 0.15) is 0 Å². The van der Waals surface area contributed by atoms with E-state index in [1.807, 2.05) is 24.5 Å². The van der Waals surface area contributed by atoms with Gasteiger partial charge in [-0.15, -0.1) is 0 Å². The fourth-order valence-electron chi connectivity index (χ4n) is 2.59. The van der Waals surface area contributed by atoms with Gasteiger partial charge in [0, 0.05) is 6.54 Å². The van der Waals surface area contributed by atoms with Gasteiger partial charge in [0.05, 0.1) is 15.8 Å². The lowest BCUT2D eigenvalue weighted by Crippen LogP contribution is -2.24. The standard InChI is InChI=1S/C17H17N3O3S2/c1-24-17-19-15-5-3-2-4-14(15)16(21)20(17)11-10-12-6-8-13(9-7-12)25(18,22)23/h2-9H,10-11H2,1H3,(H2,18,22,23). The van der Waals surface area contributed by atoms with Gasteiger partial charge in [0.15, 0.2) is 5.16 Å². The zero-order valence-electron chi connectivity index (χ0n) is 13.5. The lowest BCUT2D eigenvalue weighted by molar-refractivity contribution is 0.594. The summed E-state index contributed by atoms with van der Waals surface area (Å²) in [5, 5.41) is 6.34. The van der Waals surface area contributed by atoms with E-state index in [9.17, 15) is 13.2 Å². The van der Waals surface area contributed by atoms with Crippen molar-refractivity contribution in [3.8, 4) is 0 Å². The van der Waals surface area contributed by atoms with E-state index in [0.717, 1.165) is 5.56 Å². The zero-order chi connectivity index (χ0) is 18.0. The summed E-state index contributed by atoms with van der Waals surface area (Å²) in [5.74, 6) is 0. The third kappa shape index (κ3) is 3.76. The van der Waals surface area contributed by atoms with Crippen LogP contribution in [0.1, 0.15) is 5.56 Å². The first-order chi connectivity index (χ1) is 11.9. The number of para-hydroxylation sites is 1. The fourth-order valence-corrected chi connectivity index (χ4v) is 3.69. The molecule has 1 heterocycles. The summed E-state index contributed by atoms with van der Waals surface area (Å²) in [7, 11) is -3.70. The number of rotatable bonds is 5. The Hall–Kier alpha value is -2.16. The van der Waals surface area contributed by atoms with Crippen molar-refractivity contribution in [3.05, 3.63) is 64.4 Å². The summed E-state index contributed by atoms with van der Waals surface area (Å²) in [5.41, 5.74) is 1.53. The molecule has 25 heavy (non-hydrogen) atoms. The van der Waals surface area contributed by atoms with Crippen LogP contribution < -0.4 is 10.7 Å².